The molecule has 0 atom stereocenters. The van der Waals surface area contributed by atoms with Gasteiger partial charge in [-0.25, -0.2) is 4.79 Å². The van der Waals surface area contributed by atoms with Crippen LogP contribution < -0.4 is 16.4 Å². The molecule has 4 aromatic carbocycles. The lowest BCUT2D eigenvalue weighted by molar-refractivity contribution is -0.137. The number of carbonyl (C=O) groups excluding carboxylic acids is 2. The van der Waals surface area contributed by atoms with Crippen LogP contribution in [0.3, 0.4) is 0 Å². The Labute approximate surface area is 268 Å². The minimum atomic E-state index is -4.43. The Balaban J connectivity index is 0.000000617. The summed E-state index contributed by atoms with van der Waals surface area (Å²) in [6.45, 7) is 4.56. The Kier molecular flexibility index (Phi) is 12.4. The van der Waals surface area contributed by atoms with Crippen LogP contribution in [0, 0.1) is 0 Å². The van der Waals surface area contributed by atoms with Gasteiger partial charge in [0.1, 0.15) is 0 Å². The molecule has 0 bridgehead atoms. The summed E-state index contributed by atoms with van der Waals surface area (Å²) >= 11 is 0. The second-order valence-corrected chi connectivity index (χ2v) is 11.2. The molecule has 0 aliphatic carbocycles. The number of anilines is 1. The number of rotatable bonds is 9. The fourth-order valence-corrected chi connectivity index (χ4v) is 5.23. The third-order valence-corrected chi connectivity index (χ3v) is 7.80. The van der Waals surface area contributed by atoms with Gasteiger partial charge in [-0.3, -0.25) is 4.79 Å². The molecule has 1 heterocycles. The second-order valence-electron chi connectivity index (χ2n) is 11.2. The smallest absolute Gasteiger partial charge is 0.334 e. The second kappa shape index (κ2) is 16.6. The molecular formula is C37H41F3N4O2. The number of nitrogens with one attached hydrogen (secondary N) is 2. The van der Waals surface area contributed by atoms with Crippen LogP contribution in [0.5, 0.6) is 0 Å². The molecule has 4 N–H and O–H groups in total. The minimum Gasteiger partial charge on any atom is -0.334 e. The molecule has 0 radical (unpaired) electrons. The summed E-state index contributed by atoms with van der Waals surface area (Å²) in [4.78, 5) is 27.6. The van der Waals surface area contributed by atoms with E-state index in [1.165, 1.54) is 37.8 Å². The molecule has 0 saturated heterocycles. The Morgan fingerprint density at radius 1 is 0.848 bits per heavy atom. The molecular weight excluding hydrogens is 589 g/mol. The van der Waals surface area contributed by atoms with Crippen LogP contribution in [0.25, 0.3) is 11.1 Å². The first-order chi connectivity index (χ1) is 22.2. The predicted octanol–water partition coefficient (Wildman–Crippen LogP) is 8.42. The lowest BCUT2D eigenvalue weighted by Gasteiger charge is -2.29. The van der Waals surface area contributed by atoms with Gasteiger partial charge in [-0.1, -0.05) is 92.9 Å². The van der Waals surface area contributed by atoms with Crippen molar-refractivity contribution in [1.29, 1.82) is 0 Å². The van der Waals surface area contributed by atoms with E-state index in [4.69, 9.17) is 5.73 Å². The minimum absolute atomic E-state index is 0.123. The third kappa shape index (κ3) is 9.68. The van der Waals surface area contributed by atoms with Crippen molar-refractivity contribution in [2.24, 2.45) is 5.73 Å². The van der Waals surface area contributed by atoms with Gasteiger partial charge >= 0.3 is 12.2 Å². The molecule has 9 heteroatoms. The molecule has 242 valence electrons. The molecule has 5 rings (SSSR count). The van der Waals surface area contributed by atoms with Gasteiger partial charge in [0, 0.05) is 30.9 Å². The van der Waals surface area contributed by atoms with Crippen molar-refractivity contribution in [3.05, 3.63) is 125 Å². The number of unbranched alkanes of at least 4 members (excludes halogenated alkanes) is 3. The number of hydrogen-bond acceptors (Lipinski definition) is 3. The van der Waals surface area contributed by atoms with E-state index in [1.54, 1.807) is 35.2 Å². The van der Waals surface area contributed by atoms with E-state index >= 15 is 0 Å². The van der Waals surface area contributed by atoms with E-state index in [0.717, 1.165) is 35.4 Å². The first-order valence-corrected chi connectivity index (χ1v) is 15.7. The average Bonchev–Trinajstić information content (AvgIpc) is 3.07. The highest BCUT2D eigenvalue weighted by Gasteiger charge is 2.30. The topological polar surface area (TPSA) is 87.5 Å². The lowest BCUT2D eigenvalue weighted by Crippen LogP contribution is -2.42. The van der Waals surface area contributed by atoms with E-state index in [0.29, 0.717) is 48.4 Å². The summed E-state index contributed by atoms with van der Waals surface area (Å²) < 4.78 is 38.9. The molecule has 1 aliphatic rings. The maximum absolute atomic E-state index is 13.2. The zero-order valence-corrected chi connectivity index (χ0v) is 26.1. The fraction of sp³-hybridized carbons (Fsp3) is 0.297. The molecule has 0 saturated carbocycles. The average molecular weight is 631 g/mol. The number of nitrogens with zero attached hydrogens (tertiary/aromatic N) is 1. The Hall–Kier alpha value is -4.63. The highest BCUT2D eigenvalue weighted by Crippen LogP contribution is 2.32. The van der Waals surface area contributed by atoms with Gasteiger partial charge < -0.3 is 21.3 Å². The van der Waals surface area contributed by atoms with Crippen molar-refractivity contribution in [2.75, 3.05) is 18.4 Å². The van der Waals surface area contributed by atoms with Crippen LogP contribution in [0.2, 0.25) is 0 Å². The van der Waals surface area contributed by atoms with Crippen molar-refractivity contribution < 1.29 is 22.8 Å². The normalized spacial score (nSPS) is 12.4. The Bertz CT molecular complexity index is 1570. The number of nitrogens with two attached hydrogens (primary N) is 1. The summed E-state index contributed by atoms with van der Waals surface area (Å²) in [5.41, 5.74) is 9.65. The van der Waals surface area contributed by atoms with Gasteiger partial charge in [0.2, 0.25) is 0 Å². The number of alkyl halides is 3. The molecule has 4 aromatic rings. The molecule has 0 unspecified atom stereocenters. The first kappa shape index (κ1) is 34.2. The van der Waals surface area contributed by atoms with Gasteiger partial charge in [0.15, 0.2) is 0 Å². The fourth-order valence-electron chi connectivity index (χ4n) is 5.23. The van der Waals surface area contributed by atoms with Crippen LogP contribution in [-0.2, 0) is 25.7 Å². The number of amides is 3. The largest absolute Gasteiger partial charge is 0.416 e. The van der Waals surface area contributed by atoms with E-state index in [1.807, 2.05) is 42.5 Å². The van der Waals surface area contributed by atoms with Crippen molar-refractivity contribution in [3.63, 3.8) is 0 Å². The number of carbonyl (C=O) groups is 2. The molecule has 6 nitrogen and oxygen atoms in total. The molecule has 0 fully saturated rings. The quantitative estimate of drug-likeness (QED) is 0.162. The van der Waals surface area contributed by atoms with Gasteiger partial charge in [0.05, 0.1) is 5.56 Å². The molecule has 1 aliphatic heterocycles. The Morgan fingerprint density at radius 3 is 2.26 bits per heavy atom. The van der Waals surface area contributed by atoms with Gasteiger partial charge in [-0.2, -0.15) is 13.2 Å². The maximum atomic E-state index is 13.2. The molecule has 3 amide bonds. The van der Waals surface area contributed by atoms with E-state index in [9.17, 15) is 22.8 Å². The van der Waals surface area contributed by atoms with Crippen molar-refractivity contribution in [1.82, 2.24) is 10.2 Å². The first-order valence-electron chi connectivity index (χ1n) is 15.7. The summed E-state index contributed by atoms with van der Waals surface area (Å²) in [6, 6.07) is 26.8. The van der Waals surface area contributed by atoms with Crippen molar-refractivity contribution in [2.45, 2.75) is 58.3 Å². The summed E-state index contributed by atoms with van der Waals surface area (Å²) in [7, 11) is 0. The zero-order chi connectivity index (χ0) is 32.9. The summed E-state index contributed by atoms with van der Waals surface area (Å²) in [5, 5.41) is 5.87. The van der Waals surface area contributed by atoms with Gasteiger partial charge in [0.25, 0.3) is 5.91 Å². The van der Waals surface area contributed by atoms with E-state index in [-0.39, 0.29) is 11.9 Å². The van der Waals surface area contributed by atoms with Crippen LogP contribution in [0.4, 0.5) is 23.7 Å². The van der Waals surface area contributed by atoms with Crippen LogP contribution in [0.15, 0.2) is 97.1 Å². The number of urea groups is 1. The SMILES string of the molecule is CCCCCCN.O=C(Nc1ccc2c(c1)CCN(C(=O)NCc1ccccc1)C2)c1ccccc1-c1ccc(C(F)(F)F)cc1. The van der Waals surface area contributed by atoms with Crippen LogP contribution in [0.1, 0.15) is 65.2 Å². The Morgan fingerprint density at radius 2 is 1.57 bits per heavy atom. The number of halogens is 3. The number of fused-ring (bicyclic) bond motifs is 1. The predicted molar refractivity (Wildman–Crippen MR) is 177 cm³/mol. The van der Waals surface area contributed by atoms with E-state index < -0.39 is 11.7 Å². The highest BCUT2D eigenvalue weighted by molar-refractivity contribution is 6.08. The molecule has 46 heavy (non-hydrogen) atoms. The molecule has 0 aromatic heterocycles. The summed E-state index contributed by atoms with van der Waals surface area (Å²) in [5.74, 6) is -0.358. The van der Waals surface area contributed by atoms with E-state index in [2.05, 4.69) is 17.6 Å². The van der Waals surface area contributed by atoms with Crippen LogP contribution >= 0.6 is 0 Å². The third-order valence-electron chi connectivity index (χ3n) is 7.80. The standard InChI is InChI=1S/C31H26F3N3O2.C6H15N/c32-31(33,34)25-13-10-22(11-14-25)27-8-4-5-9-28(27)29(38)36-26-15-12-24-20-37(17-16-23(24)18-26)30(39)35-19-21-6-2-1-3-7-21;1-2-3-4-5-6-7/h1-15,18H,16-17,19-20H2,(H,35,39)(H,36,38);2-7H2,1H3. The van der Waals surface area contributed by atoms with Gasteiger partial charge in [-0.15, -0.1) is 0 Å². The monoisotopic (exact) mass is 630 g/mol. The van der Waals surface area contributed by atoms with Crippen LogP contribution in [-0.4, -0.2) is 29.9 Å². The highest BCUT2D eigenvalue weighted by atomic mass is 19.4. The maximum Gasteiger partial charge on any atom is 0.416 e. The van der Waals surface area contributed by atoms with Crippen molar-refractivity contribution in [3.8, 4) is 11.1 Å². The number of hydrogen-bond donors (Lipinski definition) is 3. The summed E-state index contributed by atoms with van der Waals surface area (Å²) in [6.07, 6.45) is 1.39. The zero-order valence-electron chi connectivity index (χ0n) is 26.1. The van der Waals surface area contributed by atoms with Gasteiger partial charge in [-0.05, 0) is 77.5 Å². The lowest BCUT2D eigenvalue weighted by atomic mass is 9.97. The number of benzene rings is 4. The molecule has 0 spiro atoms. The van der Waals surface area contributed by atoms with Crippen molar-refractivity contribution >= 4 is 17.6 Å².